The third-order valence-electron chi connectivity index (χ3n) is 2.44. The molecular formula is C13H15NO2. The van der Waals surface area contributed by atoms with Crippen LogP contribution in [0.4, 0.5) is 0 Å². The van der Waals surface area contributed by atoms with Gasteiger partial charge in [0, 0.05) is 19.4 Å². The number of benzene rings is 1. The first-order chi connectivity index (χ1) is 7.78. The Labute approximate surface area is 94.8 Å². The smallest absolute Gasteiger partial charge is 0.198 e. The molecule has 0 radical (unpaired) electrons. The molecule has 16 heavy (non-hydrogen) atoms. The number of nitrogens with zero attached hydrogens (tertiary/aromatic N) is 1. The van der Waals surface area contributed by atoms with Crippen LogP contribution in [-0.4, -0.2) is 16.7 Å². The number of hydrogen-bond acceptors (Lipinski definition) is 3. The maximum atomic E-state index is 8.77. The van der Waals surface area contributed by atoms with Crippen molar-refractivity contribution in [1.82, 2.24) is 4.98 Å². The molecule has 1 N–H and O–H groups in total. The van der Waals surface area contributed by atoms with Gasteiger partial charge in [-0.3, -0.25) is 0 Å². The Balaban J connectivity index is 2.05. The lowest BCUT2D eigenvalue weighted by molar-refractivity contribution is 0.298. The van der Waals surface area contributed by atoms with E-state index in [2.05, 4.69) is 36.2 Å². The first kappa shape index (κ1) is 10.9. The van der Waals surface area contributed by atoms with Crippen molar-refractivity contribution in [2.24, 2.45) is 0 Å². The van der Waals surface area contributed by atoms with E-state index in [9.17, 15) is 0 Å². The van der Waals surface area contributed by atoms with Crippen LogP contribution >= 0.6 is 0 Å². The lowest BCUT2D eigenvalue weighted by atomic mass is 10.1. The van der Waals surface area contributed by atoms with Crippen molar-refractivity contribution in [3.05, 3.63) is 53.2 Å². The second kappa shape index (κ2) is 4.94. The summed E-state index contributed by atoms with van der Waals surface area (Å²) in [5, 5.41) is 8.77. The Bertz CT molecular complexity index is 445. The molecule has 0 aliphatic carbocycles. The van der Waals surface area contributed by atoms with Gasteiger partial charge in [0.05, 0.1) is 5.69 Å². The minimum absolute atomic E-state index is 0.108. The van der Waals surface area contributed by atoms with Gasteiger partial charge in [-0.05, 0) is 12.5 Å². The summed E-state index contributed by atoms with van der Waals surface area (Å²) in [6.45, 7) is 2.17. The van der Waals surface area contributed by atoms with Gasteiger partial charge in [0.25, 0.3) is 0 Å². The molecule has 0 atom stereocenters. The lowest BCUT2D eigenvalue weighted by Crippen LogP contribution is -1.92. The normalized spacial score (nSPS) is 10.6. The highest BCUT2D eigenvalue weighted by Gasteiger charge is 2.04. The van der Waals surface area contributed by atoms with Gasteiger partial charge in [-0.25, -0.2) is 4.98 Å². The van der Waals surface area contributed by atoms with Crippen LogP contribution in [0, 0.1) is 6.92 Å². The Hall–Kier alpha value is -1.61. The summed E-state index contributed by atoms with van der Waals surface area (Å²) in [4.78, 5) is 4.29. The van der Waals surface area contributed by atoms with Crippen molar-refractivity contribution in [3.63, 3.8) is 0 Å². The summed E-state index contributed by atoms with van der Waals surface area (Å²) in [6, 6.07) is 8.30. The van der Waals surface area contributed by atoms with Crippen LogP contribution in [0.2, 0.25) is 0 Å². The maximum Gasteiger partial charge on any atom is 0.198 e. The zero-order valence-electron chi connectivity index (χ0n) is 9.31. The molecule has 0 amide bonds. The van der Waals surface area contributed by atoms with Crippen molar-refractivity contribution in [2.75, 3.05) is 6.61 Å². The van der Waals surface area contributed by atoms with Gasteiger partial charge in [-0.2, -0.15) is 0 Å². The topological polar surface area (TPSA) is 46.3 Å². The number of hydrogen-bond donors (Lipinski definition) is 1. The molecule has 3 heteroatoms. The van der Waals surface area contributed by atoms with Crippen molar-refractivity contribution in [3.8, 4) is 0 Å². The van der Waals surface area contributed by atoms with Crippen LogP contribution < -0.4 is 0 Å². The van der Waals surface area contributed by atoms with Crippen molar-refractivity contribution < 1.29 is 9.52 Å². The van der Waals surface area contributed by atoms with Gasteiger partial charge in [0.1, 0.15) is 6.26 Å². The Morgan fingerprint density at radius 2 is 2.00 bits per heavy atom. The number of aliphatic hydroxyl groups is 1. The molecule has 1 heterocycles. The van der Waals surface area contributed by atoms with E-state index in [1.165, 1.54) is 11.1 Å². The number of aromatic nitrogens is 1. The van der Waals surface area contributed by atoms with E-state index < -0.39 is 0 Å². The second-order valence-corrected chi connectivity index (χ2v) is 3.87. The predicted molar refractivity (Wildman–Crippen MR) is 61.3 cm³/mol. The first-order valence-corrected chi connectivity index (χ1v) is 5.37. The molecule has 1 aromatic heterocycles. The second-order valence-electron chi connectivity index (χ2n) is 3.87. The van der Waals surface area contributed by atoms with Crippen LogP contribution in [0.1, 0.15) is 22.7 Å². The highest BCUT2D eigenvalue weighted by atomic mass is 16.3. The highest BCUT2D eigenvalue weighted by Crippen LogP contribution is 2.10. The largest absolute Gasteiger partial charge is 0.448 e. The third-order valence-corrected chi connectivity index (χ3v) is 2.44. The fourth-order valence-corrected chi connectivity index (χ4v) is 1.54. The summed E-state index contributed by atoms with van der Waals surface area (Å²) < 4.78 is 5.33. The molecule has 0 aliphatic rings. The van der Waals surface area contributed by atoms with Crippen LogP contribution in [0.3, 0.4) is 0 Å². The molecule has 3 nitrogen and oxygen atoms in total. The van der Waals surface area contributed by atoms with E-state index >= 15 is 0 Å². The number of rotatable bonds is 4. The van der Waals surface area contributed by atoms with E-state index in [4.69, 9.17) is 9.52 Å². The van der Waals surface area contributed by atoms with Crippen LogP contribution in [0.5, 0.6) is 0 Å². The van der Waals surface area contributed by atoms with E-state index in [1.807, 2.05) is 0 Å². The highest BCUT2D eigenvalue weighted by molar-refractivity contribution is 5.23. The molecule has 0 spiro atoms. The Morgan fingerprint density at radius 3 is 2.69 bits per heavy atom. The minimum Gasteiger partial charge on any atom is -0.448 e. The van der Waals surface area contributed by atoms with Crippen molar-refractivity contribution in [1.29, 1.82) is 0 Å². The SMILES string of the molecule is Cc1ccc(Cc2nc(CCO)co2)cc1. The average molecular weight is 217 g/mol. The van der Waals surface area contributed by atoms with Gasteiger partial charge in [-0.1, -0.05) is 29.8 Å². The zero-order valence-corrected chi connectivity index (χ0v) is 9.31. The molecule has 0 saturated carbocycles. The molecular weight excluding hydrogens is 202 g/mol. The third kappa shape index (κ3) is 2.70. The molecule has 2 aromatic rings. The van der Waals surface area contributed by atoms with Gasteiger partial charge in [0.15, 0.2) is 5.89 Å². The molecule has 0 saturated heterocycles. The van der Waals surface area contributed by atoms with Crippen LogP contribution in [0.15, 0.2) is 34.9 Å². The summed E-state index contributed by atoms with van der Waals surface area (Å²) in [6.07, 6.45) is 2.86. The van der Waals surface area contributed by atoms with E-state index in [0.29, 0.717) is 18.7 Å². The minimum atomic E-state index is 0.108. The standard InChI is InChI=1S/C13H15NO2/c1-10-2-4-11(5-3-10)8-13-14-12(6-7-15)9-16-13/h2-5,9,15H,6-8H2,1H3. The predicted octanol–water partition coefficient (Wildman–Crippen LogP) is 2.11. The van der Waals surface area contributed by atoms with Crippen LogP contribution in [-0.2, 0) is 12.8 Å². The molecule has 0 aliphatic heterocycles. The van der Waals surface area contributed by atoms with Crippen molar-refractivity contribution >= 4 is 0 Å². The molecule has 84 valence electrons. The van der Waals surface area contributed by atoms with Crippen molar-refractivity contribution in [2.45, 2.75) is 19.8 Å². The number of aryl methyl sites for hydroxylation is 1. The van der Waals surface area contributed by atoms with E-state index in [-0.39, 0.29) is 6.61 Å². The van der Waals surface area contributed by atoms with Gasteiger partial charge in [-0.15, -0.1) is 0 Å². The quantitative estimate of drug-likeness (QED) is 0.853. The monoisotopic (exact) mass is 217 g/mol. The molecule has 0 unspecified atom stereocenters. The summed E-state index contributed by atoms with van der Waals surface area (Å²) in [7, 11) is 0. The van der Waals surface area contributed by atoms with E-state index in [0.717, 1.165) is 5.69 Å². The van der Waals surface area contributed by atoms with E-state index in [1.54, 1.807) is 6.26 Å². The van der Waals surface area contributed by atoms with Gasteiger partial charge < -0.3 is 9.52 Å². The Morgan fingerprint density at radius 1 is 1.25 bits per heavy atom. The van der Waals surface area contributed by atoms with Gasteiger partial charge >= 0.3 is 0 Å². The Kier molecular flexibility index (Phi) is 3.37. The number of aliphatic hydroxyl groups excluding tert-OH is 1. The summed E-state index contributed by atoms with van der Waals surface area (Å²) in [5.74, 6) is 0.701. The lowest BCUT2D eigenvalue weighted by Gasteiger charge is -1.97. The first-order valence-electron chi connectivity index (χ1n) is 5.37. The number of oxazole rings is 1. The molecule has 0 fully saturated rings. The van der Waals surface area contributed by atoms with Crippen LogP contribution in [0.25, 0.3) is 0 Å². The summed E-state index contributed by atoms with van der Waals surface area (Å²) >= 11 is 0. The average Bonchev–Trinajstić information content (AvgIpc) is 2.70. The molecule has 2 rings (SSSR count). The molecule has 1 aromatic carbocycles. The zero-order chi connectivity index (χ0) is 11.4. The maximum absolute atomic E-state index is 8.77. The fraction of sp³-hybridized carbons (Fsp3) is 0.308. The fourth-order valence-electron chi connectivity index (χ4n) is 1.54. The van der Waals surface area contributed by atoms with Gasteiger partial charge in [0.2, 0.25) is 0 Å². The summed E-state index contributed by atoms with van der Waals surface area (Å²) in [5.41, 5.74) is 3.24. The molecule has 0 bridgehead atoms.